The smallest absolute Gasteiger partial charge is 0.407 e. The summed E-state index contributed by atoms with van der Waals surface area (Å²) in [5.41, 5.74) is 0.642. The van der Waals surface area contributed by atoms with Crippen LogP contribution in [0.3, 0.4) is 0 Å². The molecule has 0 aliphatic rings. The predicted octanol–water partition coefficient (Wildman–Crippen LogP) is 3.39. The summed E-state index contributed by atoms with van der Waals surface area (Å²) in [4.78, 5) is 11.4. The lowest BCUT2D eigenvalue weighted by atomic mass is 10.2. The molecule has 0 spiro atoms. The Morgan fingerprint density at radius 3 is 2.30 bits per heavy atom. The van der Waals surface area contributed by atoms with Gasteiger partial charge in [-0.1, -0.05) is 36.4 Å². The van der Waals surface area contributed by atoms with Crippen LogP contribution in [0.25, 0.3) is 0 Å². The predicted molar refractivity (Wildman–Crippen MR) is 69.8 cm³/mol. The van der Waals surface area contributed by atoms with E-state index in [0.29, 0.717) is 6.54 Å². The van der Waals surface area contributed by atoms with Gasteiger partial charge in [0.1, 0.15) is 18.2 Å². The van der Waals surface area contributed by atoms with Gasteiger partial charge in [-0.15, -0.1) is 0 Å². The van der Waals surface area contributed by atoms with E-state index in [0.717, 1.165) is 17.7 Å². The van der Waals surface area contributed by atoms with E-state index in [9.17, 15) is 13.6 Å². The van der Waals surface area contributed by atoms with Gasteiger partial charge in [0.25, 0.3) is 0 Å². The lowest BCUT2D eigenvalue weighted by Gasteiger charge is -2.08. The fourth-order valence-corrected chi connectivity index (χ4v) is 1.63. The number of halogens is 2. The van der Waals surface area contributed by atoms with Gasteiger partial charge < -0.3 is 10.1 Å². The van der Waals surface area contributed by atoms with Crippen LogP contribution in [0.1, 0.15) is 11.1 Å². The number of nitrogens with one attached hydrogen (secondary N) is 1. The first-order valence-electron chi connectivity index (χ1n) is 6.04. The van der Waals surface area contributed by atoms with Crippen molar-refractivity contribution in [3.8, 4) is 0 Å². The number of rotatable bonds is 4. The molecule has 2 rings (SSSR count). The Kier molecular flexibility index (Phi) is 4.65. The highest BCUT2D eigenvalue weighted by molar-refractivity contribution is 5.67. The standard InChI is InChI=1S/C15H13F2NO2/c16-13-7-4-8-14(17)12(13)10-20-15(19)18-9-11-5-2-1-3-6-11/h1-8H,9-10H2,(H,18,19). The van der Waals surface area contributed by atoms with Gasteiger partial charge in [0.15, 0.2) is 0 Å². The molecule has 1 N–H and O–H groups in total. The summed E-state index contributed by atoms with van der Waals surface area (Å²) in [5.74, 6) is -1.47. The lowest BCUT2D eigenvalue weighted by molar-refractivity contribution is 0.136. The van der Waals surface area contributed by atoms with Crippen LogP contribution >= 0.6 is 0 Å². The van der Waals surface area contributed by atoms with Crippen molar-refractivity contribution in [2.75, 3.05) is 0 Å². The van der Waals surface area contributed by atoms with Crippen molar-refractivity contribution in [2.45, 2.75) is 13.2 Å². The number of carbonyl (C=O) groups excluding carboxylic acids is 1. The molecule has 1 amide bonds. The Bertz CT molecular complexity index is 567. The Hall–Kier alpha value is -2.43. The zero-order valence-corrected chi connectivity index (χ0v) is 10.6. The monoisotopic (exact) mass is 277 g/mol. The highest BCUT2D eigenvalue weighted by Crippen LogP contribution is 2.13. The van der Waals surface area contributed by atoms with Crippen molar-refractivity contribution in [3.63, 3.8) is 0 Å². The van der Waals surface area contributed by atoms with Crippen molar-refractivity contribution < 1.29 is 18.3 Å². The molecule has 5 heteroatoms. The summed E-state index contributed by atoms with van der Waals surface area (Å²) >= 11 is 0. The second-order valence-corrected chi connectivity index (χ2v) is 4.12. The molecule has 0 bridgehead atoms. The molecule has 0 heterocycles. The molecule has 2 aromatic rings. The average molecular weight is 277 g/mol. The summed E-state index contributed by atoms with van der Waals surface area (Å²) in [7, 11) is 0. The van der Waals surface area contributed by atoms with E-state index in [1.165, 1.54) is 6.07 Å². The zero-order chi connectivity index (χ0) is 14.4. The van der Waals surface area contributed by atoms with Crippen LogP contribution < -0.4 is 5.32 Å². The van der Waals surface area contributed by atoms with Crippen LogP contribution in [-0.2, 0) is 17.9 Å². The first kappa shape index (κ1) is 14.0. The van der Waals surface area contributed by atoms with Gasteiger partial charge in [-0.25, -0.2) is 13.6 Å². The second kappa shape index (κ2) is 6.65. The van der Waals surface area contributed by atoms with Crippen LogP contribution in [-0.4, -0.2) is 6.09 Å². The number of hydrogen-bond acceptors (Lipinski definition) is 2. The molecule has 0 fully saturated rings. The quantitative estimate of drug-likeness (QED) is 0.930. The molecule has 0 aliphatic carbocycles. The van der Waals surface area contributed by atoms with Gasteiger partial charge in [0.05, 0.1) is 5.56 Å². The lowest BCUT2D eigenvalue weighted by Crippen LogP contribution is -2.23. The van der Waals surface area contributed by atoms with Gasteiger partial charge >= 0.3 is 6.09 Å². The van der Waals surface area contributed by atoms with Crippen molar-refractivity contribution in [1.82, 2.24) is 5.32 Å². The highest BCUT2D eigenvalue weighted by Gasteiger charge is 2.10. The summed E-state index contributed by atoms with van der Waals surface area (Å²) in [5, 5.41) is 2.50. The number of benzene rings is 2. The van der Waals surface area contributed by atoms with Gasteiger partial charge in [0.2, 0.25) is 0 Å². The SMILES string of the molecule is O=C(NCc1ccccc1)OCc1c(F)cccc1F. The van der Waals surface area contributed by atoms with E-state index >= 15 is 0 Å². The normalized spacial score (nSPS) is 10.1. The van der Waals surface area contributed by atoms with Crippen molar-refractivity contribution in [2.24, 2.45) is 0 Å². The molecule has 0 saturated carbocycles. The van der Waals surface area contributed by atoms with E-state index in [1.54, 1.807) is 0 Å². The van der Waals surface area contributed by atoms with Crippen LogP contribution in [0.5, 0.6) is 0 Å². The minimum absolute atomic E-state index is 0.262. The number of carbonyl (C=O) groups is 1. The van der Waals surface area contributed by atoms with E-state index in [2.05, 4.69) is 5.32 Å². The van der Waals surface area contributed by atoms with Crippen LogP contribution in [0.15, 0.2) is 48.5 Å². The minimum Gasteiger partial charge on any atom is -0.444 e. The molecule has 0 unspecified atom stereocenters. The maximum Gasteiger partial charge on any atom is 0.407 e. The molecule has 3 nitrogen and oxygen atoms in total. The van der Waals surface area contributed by atoms with Crippen LogP contribution in [0, 0.1) is 11.6 Å². The topological polar surface area (TPSA) is 38.3 Å². The Morgan fingerprint density at radius 2 is 1.65 bits per heavy atom. The minimum atomic E-state index is -0.735. The van der Waals surface area contributed by atoms with Gasteiger partial charge in [-0.3, -0.25) is 0 Å². The Balaban J connectivity index is 1.84. The molecule has 104 valence electrons. The van der Waals surface area contributed by atoms with Crippen molar-refractivity contribution in [1.29, 1.82) is 0 Å². The average Bonchev–Trinajstić information content (AvgIpc) is 2.46. The third kappa shape index (κ3) is 3.78. The largest absolute Gasteiger partial charge is 0.444 e. The second-order valence-electron chi connectivity index (χ2n) is 4.12. The molecule has 0 radical (unpaired) electrons. The molecule has 0 saturated heterocycles. The zero-order valence-electron chi connectivity index (χ0n) is 10.6. The summed E-state index contributed by atoms with van der Waals surface area (Å²) in [6.45, 7) is -0.154. The third-order valence-electron chi connectivity index (χ3n) is 2.69. The first-order valence-corrected chi connectivity index (χ1v) is 6.04. The Morgan fingerprint density at radius 1 is 1.00 bits per heavy atom. The van der Waals surface area contributed by atoms with Gasteiger partial charge in [-0.2, -0.15) is 0 Å². The highest BCUT2D eigenvalue weighted by atomic mass is 19.1. The number of alkyl carbamates (subject to hydrolysis) is 1. The van der Waals surface area contributed by atoms with Crippen molar-refractivity contribution >= 4 is 6.09 Å². The van der Waals surface area contributed by atoms with E-state index in [1.807, 2.05) is 30.3 Å². The van der Waals surface area contributed by atoms with Crippen LogP contribution in [0.4, 0.5) is 13.6 Å². The third-order valence-corrected chi connectivity index (χ3v) is 2.69. The van der Waals surface area contributed by atoms with Gasteiger partial charge in [0, 0.05) is 6.54 Å². The van der Waals surface area contributed by atoms with E-state index in [4.69, 9.17) is 4.74 Å². The number of amides is 1. The first-order chi connectivity index (χ1) is 9.66. The molecule has 2 aromatic carbocycles. The summed E-state index contributed by atoms with van der Waals surface area (Å²) < 4.78 is 31.4. The summed E-state index contributed by atoms with van der Waals surface area (Å²) in [6, 6.07) is 12.7. The molecule has 20 heavy (non-hydrogen) atoms. The molecule has 0 aliphatic heterocycles. The van der Waals surface area contributed by atoms with Gasteiger partial charge in [-0.05, 0) is 17.7 Å². The fraction of sp³-hybridized carbons (Fsp3) is 0.133. The van der Waals surface area contributed by atoms with E-state index < -0.39 is 24.3 Å². The molecular formula is C15H13F2NO2. The van der Waals surface area contributed by atoms with E-state index in [-0.39, 0.29) is 5.56 Å². The van der Waals surface area contributed by atoms with Crippen LogP contribution in [0.2, 0.25) is 0 Å². The maximum absolute atomic E-state index is 13.3. The number of ether oxygens (including phenoxy) is 1. The number of hydrogen-bond donors (Lipinski definition) is 1. The maximum atomic E-state index is 13.3. The molecule has 0 aromatic heterocycles. The molecular weight excluding hydrogens is 264 g/mol. The van der Waals surface area contributed by atoms with Crippen molar-refractivity contribution in [3.05, 3.63) is 71.3 Å². The summed E-state index contributed by atoms with van der Waals surface area (Å²) in [6.07, 6.45) is -0.725. The molecule has 0 atom stereocenters. The fourth-order valence-electron chi connectivity index (χ4n) is 1.63. The Labute approximate surface area is 115 Å².